The fourth-order valence-corrected chi connectivity index (χ4v) is 1.23. The smallest absolute Gasteiger partial charge is 0.241 e. The lowest BCUT2D eigenvalue weighted by molar-refractivity contribution is -0.117. The predicted octanol–water partition coefficient (Wildman–Crippen LogP) is 1.11. The zero-order valence-corrected chi connectivity index (χ0v) is 9.40. The van der Waals surface area contributed by atoms with Gasteiger partial charge in [0.05, 0.1) is 17.2 Å². The summed E-state index contributed by atoms with van der Waals surface area (Å²) in [6.45, 7) is 1.81. The molecule has 0 heterocycles. The van der Waals surface area contributed by atoms with Gasteiger partial charge in [0.2, 0.25) is 5.91 Å². The van der Waals surface area contributed by atoms with Crippen LogP contribution in [0, 0.1) is 22.7 Å². The minimum absolute atomic E-state index is 0.232. The molecule has 1 amide bonds. The van der Waals surface area contributed by atoms with Crippen molar-refractivity contribution < 1.29 is 4.79 Å². The van der Waals surface area contributed by atoms with Crippen molar-refractivity contribution in [1.29, 1.82) is 10.5 Å². The molecule has 0 radical (unpaired) electrons. The van der Waals surface area contributed by atoms with Crippen LogP contribution in [0.2, 0.25) is 0 Å². The van der Waals surface area contributed by atoms with Crippen molar-refractivity contribution in [3.05, 3.63) is 29.3 Å². The topological polar surface area (TPSA) is 103 Å². The number of hydrogen-bond donors (Lipinski definition) is 2. The number of amides is 1. The van der Waals surface area contributed by atoms with Crippen LogP contribution >= 0.6 is 0 Å². The molecule has 1 aromatic carbocycles. The van der Waals surface area contributed by atoms with Gasteiger partial charge in [-0.15, -0.1) is 0 Å². The maximum atomic E-state index is 11.5. The van der Waals surface area contributed by atoms with Gasteiger partial charge in [-0.05, 0) is 24.6 Å². The standard InChI is InChI=1S/C12H12N4O/c1-2-11(15)12(17)16-10-4-3-8(6-13)9(5-10)7-14/h3-5,11H,2,15H2,1H3,(H,16,17)/t11-/m0/s1. The second kappa shape index (κ2) is 5.64. The number of nitrogens with two attached hydrogens (primary N) is 1. The molecule has 1 aromatic rings. The average molecular weight is 228 g/mol. The number of anilines is 1. The van der Waals surface area contributed by atoms with Crippen LogP contribution in [0.25, 0.3) is 0 Å². The highest BCUT2D eigenvalue weighted by molar-refractivity contribution is 5.94. The number of rotatable bonds is 3. The molecular weight excluding hydrogens is 216 g/mol. The lowest BCUT2D eigenvalue weighted by atomic mass is 10.1. The first-order valence-corrected chi connectivity index (χ1v) is 5.13. The molecular formula is C12H12N4O. The highest BCUT2D eigenvalue weighted by Crippen LogP contribution is 2.14. The summed E-state index contributed by atoms with van der Waals surface area (Å²) in [5.41, 5.74) is 6.54. The second-order valence-electron chi connectivity index (χ2n) is 3.49. The highest BCUT2D eigenvalue weighted by Gasteiger charge is 2.11. The number of carbonyl (C=O) groups excluding carboxylic acids is 1. The zero-order valence-electron chi connectivity index (χ0n) is 9.40. The summed E-state index contributed by atoms with van der Waals surface area (Å²) in [6, 6.07) is 7.74. The second-order valence-corrected chi connectivity index (χ2v) is 3.49. The maximum absolute atomic E-state index is 11.5. The van der Waals surface area contributed by atoms with Crippen molar-refractivity contribution >= 4 is 11.6 Å². The van der Waals surface area contributed by atoms with E-state index in [1.54, 1.807) is 6.07 Å². The largest absolute Gasteiger partial charge is 0.325 e. The fraction of sp³-hybridized carbons (Fsp3) is 0.250. The van der Waals surface area contributed by atoms with E-state index in [2.05, 4.69) is 5.32 Å². The summed E-state index contributed by atoms with van der Waals surface area (Å²) in [4.78, 5) is 11.5. The Hall–Kier alpha value is -2.37. The predicted molar refractivity (Wildman–Crippen MR) is 62.8 cm³/mol. The van der Waals surface area contributed by atoms with Gasteiger partial charge in [0.15, 0.2) is 0 Å². The molecule has 5 nitrogen and oxygen atoms in total. The van der Waals surface area contributed by atoms with E-state index in [-0.39, 0.29) is 17.0 Å². The van der Waals surface area contributed by atoms with Crippen LogP contribution in [0.5, 0.6) is 0 Å². The Labute approximate surface area is 99.5 Å². The molecule has 86 valence electrons. The Kier molecular flexibility index (Phi) is 4.21. The van der Waals surface area contributed by atoms with Crippen molar-refractivity contribution in [3.8, 4) is 12.1 Å². The van der Waals surface area contributed by atoms with Crippen molar-refractivity contribution in [2.75, 3.05) is 5.32 Å². The van der Waals surface area contributed by atoms with Gasteiger partial charge in [-0.1, -0.05) is 6.92 Å². The fourth-order valence-electron chi connectivity index (χ4n) is 1.23. The van der Waals surface area contributed by atoms with Crippen molar-refractivity contribution in [2.45, 2.75) is 19.4 Å². The number of nitrogens with zero attached hydrogens (tertiary/aromatic N) is 2. The first kappa shape index (κ1) is 12.7. The molecule has 5 heteroatoms. The molecule has 0 unspecified atom stereocenters. The van der Waals surface area contributed by atoms with Gasteiger partial charge in [0.1, 0.15) is 12.1 Å². The van der Waals surface area contributed by atoms with Gasteiger partial charge in [0.25, 0.3) is 0 Å². The number of nitrogens with one attached hydrogen (secondary N) is 1. The highest BCUT2D eigenvalue weighted by atomic mass is 16.2. The van der Waals surface area contributed by atoms with Gasteiger partial charge < -0.3 is 11.1 Å². The van der Waals surface area contributed by atoms with Crippen molar-refractivity contribution in [1.82, 2.24) is 0 Å². The minimum Gasteiger partial charge on any atom is -0.325 e. The van der Waals surface area contributed by atoms with Crippen LogP contribution in [0.4, 0.5) is 5.69 Å². The van der Waals surface area contributed by atoms with E-state index in [1.165, 1.54) is 12.1 Å². The van der Waals surface area contributed by atoms with E-state index in [9.17, 15) is 4.79 Å². The molecule has 0 spiro atoms. The van der Waals surface area contributed by atoms with E-state index < -0.39 is 6.04 Å². The average Bonchev–Trinajstić information content (AvgIpc) is 2.37. The van der Waals surface area contributed by atoms with Crippen LogP contribution in [0.15, 0.2) is 18.2 Å². The molecule has 0 bridgehead atoms. The third kappa shape index (κ3) is 3.04. The van der Waals surface area contributed by atoms with Gasteiger partial charge in [-0.3, -0.25) is 4.79 Å². The summed E-state index contributed by atoms with van der Waals surface area (Å²) in [6.07, 6.45) is 0.535. The third-order valence-electron chi connectivity index (χ3n) is 2.30. The van der Waals surface area contributed by atoms with Crippen LogP contribution in [-0.4, -0.2) is 11.9 Å². The van der Waals surface area contributed by atoms with Gasteiger partial charge in [0, 0.05) is 5.69 Å². The van der Waals surface area contributed by atoms with Gasteiger partial charge in [-0.2, -0.15) is 10.5 Å². The number of hydrogen-bond acceptors (Lipinski definition) is 4. The first-order valence-electron chi connectivity index (χ1n) is 5.13. The van der Waals surface area contributed by atoms with E-state index in [0.29, 0.717) is 12.1 Å². The van der Waals surface area contributed by atoms with E-state index in [4.69, 9.17) is 16.3 Å². The Morgan fingerprint density at radius 3 is 2.59 bits per heavy atom. The Morgan fingerprint density at radius 1 is 1.41 bits per heavy atom. The summed E-state index contributed by atoms with van der Waals surface area (Å²) >= 11 is 0. The molecule has 0 aliphatic rings. The molecule has 0 fully saturated rings. The molecule has 1 rings (SSSR count). The molecule has 1 atom stereocenters. The van der Waals surface area contributed by atoms with E-state index in [0.717, 1.165) is 0 Å². The summed E-state index contributed by atoms with van der Waals surface area (Å²) in [7, 11) is 0. The summed E-state index contributed by atoms with van der Waals surface area (Å²) in [5.74, 6) is -0.305. The number of benzene rings is 1. The molecule has 0 saturated heterocycles. The number of carbonyl (C=O) groups is 1. The van der Waals surface area contributed by atoms with Crippen molar-refractivity contribution in [2.24, 2.45) is 5.73 Å². The van der Waals surface area contributed by atoms with E-state index >= 15 is 0 Å². The Bertz CT molecular complexity index is 510. The lowest BCUT2D eigenvalue weighted by Gasteiger charge is -2.10. The molecule has 0 aliphatic heterocycles. The maximum Gasteiger partial charge on any atom is 0.241 e. The SMILES string of the molecule is CC[C@H](N)C(=O)Nc1ccc(C#N)c(C#N)c1. The molecule has 17 heavy (non-hydrogen) atoms. The van der Waals surface area contributed by atoms with Crippen LogP contribution in [-0.2, 0) is 4.79 Å². The van der Waals surface area contributed by atoms with Crippen LogP contribution in [0.3, 0.4) is 0 Å². The monoisotopic (exact) mass is 228 g/mol. The summed E-state index contributed by atoms with van der Waals surface area (Å²) in [5, 5.41) is 20.2. The molecule has 0 aromatic heterocycles. The lowest BCUT2D eigenvalue weighted by Crippen LogP contribution is -2.34. The Balaban J connectivity index is 2.92. The van der Waals surface area contributed by atoms with E-state index in [1.807, 2.05) is 19.1 Å². The zero-order chi connectivity index (χ0) is 12.8. The first-order chi connectivity index (χ1) is 8.12. The minimum atomic E-state index is -0.573. The van der Waals surface area contributed by atoms with Crippen molar-refractivity contribution in [3.63, 3.8) is 0 Å². The molecule has 0 saturated carbocycles. The Morgan fingerprint density at radius 2 is 2.06 bits per heavy atom. The van der Waals surface area contributed by atoms with Gasteiger partial charge >= 0.3 is 0 Å². The molecule has 3 N–H and O–H groups in total. The normalized spacial score (nSPS) is 11.1. The third-order valence-corrected chi connectivity index (χ3v) is 2.30. The van der Waals surface area contributed by atoms with Gasteiger partial charge in [-0.25, -0.2) is 0 Å². The number of nitriles is 2. The quantitative estimate of drug-likeness (QED) is 0.808. The van der Waals surface area contributed by atoms with Crippen LogP contribution < -0.4 is 11.1 Å². The van der Waals surface area contributed by atoms with Crippen LogP contribution in [0.1, 0.15) is 24.5 Å². The molecule has 0 aliphatic carbocycles. The summed E-state index contributed by atoms with van der Waals surface area (Å²) < 4.78 is 0.